The third-order valence-corrected chi connectivity index (χ3v) is 6.18. The van der Waals surface area contributed by atoms with Crippen LogP contribution in [0.4, 0.5) is 0 Å². The average Bonchev–Trinajstić information content (AvgIpc) is 3.46. The Balaban J connectivity index is 1.61. The van der Waals surface area contributed by atoms with Crippen LogP contribution in [-0.4, -0.2) is 27.0 Å². The molecule has 0 spiro atoms. The Kier molecular flexibility index (Phi) is 4.78. The molecule has 0 radical (unpaired) electrons. The Morgan fingerprint density at radius 1 is 1.11 bits per heavy atom. The van der Waals surface area contributed by atoms with Crippen LogP contribution >= 0.6 is 27.5 Å². The lowest BCUT2D eigenvalue weighted by Crippen LogP contribution is -2.20. The first kappa shape index (κ1) is 18.0. The molecular formula is C21H19BrClN5. The molecule has 3 aromatic rings. The first-order valence-corrected chi connectivity index (χ1v) is 10.6. The fraction of sp³-hybridized carbons (Fsp3) is 0.286. The molecule has 0 bridgehead atoms. The Labute approximate surface area is 177 Å². The number of hydrogen-bond donors (Lipinski definition) is 1. The fourth-order valence-corrected chi connectivity index (χ4v) is 4.36. The molecule has 2 aromatic carbocycles. The van der Waals surface area contributed by atoms with Gasteiger partial charge in [0.2, 0.25) is 0 Å². The van der Waals surface area contributed by atoms with E-state index in [1.807, 2.05) is 36.4 Å². The molecule has 1 N–H and O–H groups in total. The molecule has 1 aliphatic heterocycles. The van der Waals surface area contributed by atoms with Crippen LogP contribution in [0.2, 0.25) is 5.02 Å². The predicted octanol–water partition coefficient (Wildman–Crippen LogP) is 4.53. The zero-order chi connectivity index (χ0) is 19.1. The lowest BCUT2D eigenvalue weighted by molar-refractivity contribution is 0.611. The van der Waals surface area contributed by atoms with Gasteiger partial charge in [0.1, 0.15) is 6.54 Å². The molecule has 5 rings (SSSR count). The van der Waals surface area contributed by atoms with Crippen molar-refractivity contribution in [3.63, 3.8) is 0 Å². The quantitative estimate of drug-likeness (QED) is 0.613. The van der Waals surface area contributed by atoms with Crippen LogP contribution in [0.15, 0.2) is 51.9 Å². The maximum Gasteiger partial charge on any atom is 0.159 e. The zero-order valence-corrected chi connectivity index (χ0v) is 17.5. The van der Waals surface area contributed by atoms with Crippen LogP contribution in [-0.2, 0) is 13.1 Å². The Bertz CT molecular complexity index is 1070. The normalized spacial score (nSPS) is 15.6. The van der Waals surface area contributed by atoms with E-state index in [2.05, 4.69) is 42.1 Å². The number of fused-ring (bicyclic) bond motifs is 3. The number of rotatable bonds is 5. The summed E-state index contributed by atoms with van der Waals surface area (Å²) in [6.07, 6.45) is 2.66. The summed E-state index contributed by atoms with van der Waals surface area (Å²) in [7, 11) is 0. The Morgan fingerprint density at radius 2 is 1.96 bits per heavy atom. The standard InChI is InChI=1S/C21H19BrClN5/c22-15-5-3-7-17-20(15)21(14-4-1-2-6-16(14)23)25-12-19-27-26-18(28(17)19)11-24-10-13-8-9-13/h1-7,13,24H,8-12H2. The van der Waals surface area contributed by atoms with Crippen molar-refractivity contribution in [3.8, 4) is 5.69 Å². The van der Waals surface area contributed by atoms with Gasteiger partial charge in [-0.1, -0.05) is 51.8 Å². The van der Waals surface area contributed by atoms with Crippen LogP contribution in [0, 0.1) is 5.92 Å². The number of nitrogens with zero attached hydrogens (tertiary/aromatic N) is 4. The molecule has 0 unspecified atom stereocenters. The minimum absolute atomic E-state index is 0.456. The van der Waals surface area contributed by atoms with Crippen LogP contribution in [0.25, 0.3) is 5.69 Å². The minimum atomic E-state index is 0.456. The monoisotopic (exact) mass is 455 g/mol. The number of aromatic nitrogens is 3. The summed E-state index contributed by atoms with van der Waals surface area (Å²) >= 11 is 10.2. The van der Waals surface area contributed by atoms with Crippen molar-refractivity contribution in [2.24, 2.45) is 10.9 Å². The summed E-state index contributed by atoms with van der Waals surface area (Å²) in [6.45, 7) is 2.18. The van der Waals surface area contributed by atoms with Gasteiger partial charge in [-0.2, -0.15) is 0 Å². The fourth-order valence-electron chi connectivity index (χ4n) is 3.59. The van der Waals surface area contributed by atoms with E-state index < -0.39 is 0 Å². The first-order valence-electron chi connectivity index (χ1n) is 9.45. The van der Waals surface area contributed by atoms with E-state index in [1.165, 1.54) is 12.8 Å². The second-order valence-electron chi connectivity index (χ2n) is 7.22. The molecule has 1 fully saturated rings. The number of halogens is 2. The first-order chi connectivity index (χ1) is 13.7. The van der Waals surface area contributed by atoms with Gasteiger partial charge in [-0.15, -0.1) is 10.2 Å². The highest BCUT2D eigenvalue weighted by atomic mass is 79.9. The molecular weight excluding hydrogens is 438 g/mol. The van der Waals surface area contributed by atoms with Gasteiger partial charge < -0.3 is 5.32 Å². The van der Waals surface area contributed by atoms with Gasteiger partial charge in [0.25, 0.3) is 0 Å². The Morgan fingerprint density at radius 3 is 2.79 bits per heavy atom. The number of aliphatic imine (C=N–C) groups is 1. The van der Waals surface area contributed by atoms with Gasteiger partial charge in [0, 0.05) is 20.6 Å². The highest BCUT2D eigenvalue weighted by Crippen LogP contribution is 2.33. The van der Waals surface area contributed by atoms with Gasteiger partial charge in [-0.3, -0.25) is 9.56 Å². The molecule has 7 heteroatoms. The molecule has 5 nitrogen and oxygen atoms in total. The highest BCUT2D eigenvalue weighted by molar-refractivity contribution is 9.10. The van der Waals surface area contributed by atoms with Crippen molar-refractivity contribution >= 4 is 33.2 Å². The summed E-state index contributed by atoms with van der Waals surface area (Å²) in [6, 6.07) is 14.0. The van der Waals surface area contributed by atoms with Crippen molar-refractivity contribution in [1.82, 2.24) is 20.1 Å². The molecule has 0 saturated heterocycles. The molecule has 1 saturated carbocycles. The summed E-state index contributed by atoms with van der Waals surface area (Å²) in [4.78, 5) is 4.89. The highest BCUT2D eigenvalue weighted by Gasteiger charge is 2.26. The summed E-state index contributed by atoms with van der Waals surface area (Å²) in [5, 5.41) is 13.1. The maximum absolute atomic E-state index is 6.51. The summed E-state index contributed by atoms with van der Waals surface area (Å²) in [5.74, 6) is 2.57. The van der Waals surface area contributed by atoms with Crippen LogP contribution in [0.1, 0.15) is 35.6 Å². The van der Waals surface area contributed by atoms with Gasteiger partial charge in [-0.05, 0) is 43.5 Å². The predicted molar refractivity (Wildman–Crippen MR) is 114 cm³/mol. The largest absolute Gasteiger partial charge is 0.310 e. The van der Waals surface area contributed by atoms with Crippen molar-refractivity contribution in [1.29, 1.82) is 0 Å². The maximum atomic E-state index is 6.51. The topological polar surface area (TPSA) is 55.1 Å². The number of benzene rings is 2. The van der Waals surface area contributed by atoms with Crippen LogP contribution in [0.5, 0.6) is 0 Å². The van der Waals surface area contributed by atoms with Crippen molar-refractivity contribution in [2.45, 2.75) is 25.9 Å². The van der Waals surface area contributed by atoms with Gasteiger partial charge in [0.15, 0.2) is 11.6 Å². The molecule has 28 heavy (non-hydrogen) atoms. The second kappa shape index (κ2) is 7.43. The van der Waals surface area contributed by atoms with E-state index in [1.54, 1.807) is 0 Å². The van der Waals surface area contributed by atoms with E-state index in [0.29, 0.717) is 18.1 Å². The van der Waals surface area contributed by atoms with Crippen LogP contribution < -0.4 is 5.32 Å². The SMILES string of the molecule is Clc1ccccc1C1=NCc2nnc(CNCC3CC3)n2-c2cccc(Br)c21. The molecule has 142 valence electrons. The summed E-state index contributed by atoms with van der Waals surface area (Å²) < 4.78 is 3.11. The van der Waals surface area contributed by atoms with E-state index in [0.717, 1.165) is 51.1 Å². The van der Waals surface area contributed by atoms with E-state index >= 15 is 0 Å². The van der Waals surface area contributed by atoms with Gasteiger partial charge in [-0.25, -0.2) is 0 Å². The third-order valence-electron chi connectivity index (χ3n) is 5.19. The third kappa shape index (κ3) is 3.30. The van der Waals surface area contributed by atoms with Crippen molar-refractivity contribution in [3.05, 3.63) is 74.7 Å². The number of hydrogen-bond acceptors (Lipinski definition) is 4. The molecule has 0 atom stereocenters. The van der Waals surface area contributed by atoms with Gasteiger partial charge >= 0.3 is 0 Å². The molecule has 1 aromatic heterocycles. The van der Waals surface area contributed by atoms with E-state index in [4.69, 9.17) is 16.6 Å². The second-order valence-corrected chi connectivity index (χ2v) is 8.48. The molecule has 1 aliphatic carbocycles. The molecule has 2 aliphatic rings. The zero-order valence-electron chi connectivity index (χ0n) is 15.2. The number of nitrogens with one attached hydrogen (secondary N) is 1. The van der Waals surface area contributed by atoms with E-state index in [9.17, 15) is 0 Å². The Hall–Kier alpha value is -2.02. The lowest BCUT2D eigenvalue weighted by atomic mass is 10.0. The van der Waals surface area contributed by atoms with Crippen molar-refractivity contribution in [2.75, 3.05) is 6.54 Å². The molecule has 2 heterocycles. The smallest absolute Gasteiger partial charge is 0.159 e. The average molecular weight is 457 g/mol. The molecule has 0 amide bonds. The van der Waals surface area contributed by atoms with E-state index in [-0.39, 0.29) is 0 Å². The summed E-state index contributed by atoms with van der Waals surface area (Å²) in [5.41, 5.74) is 3.83. The van der Waals surface area contributed by atoms with Crippen LogP contribution in [0.3, 0.4) is 0 Å². The minimum Gasteiger partial charge on any atom is -0.310 e. The lowest BCUT2D eigenvalue weighted by Gasteiger charge is -2.16. The van der Waals surface area contributed by atoms with Crippen molar-refractivity contribution < 1.29 is 0 Å². The van der Waals surface area contributed by atoms with Gasteiger partial charge in [0.05, 0.1) is 17.9 Å².